The summed E-state index contributed by atoms with van der Waals surface area (Å²) < 4.78 is 27.7. The number of fused-ring (bicyclic) bond motifs is 1. The lowest BCUT2D eigenvalue weighted by Crippen LogP contribution is -2.26. The molecule has 3 aromatic carbocycles. The van der Waals surface area contributed by atoms with E-state index >= 15 is 0 Å². The van der Waals surface area contributed by atoms with Gasteiger partial charge in [0.1, 0.15) is 0 Å². The molecule has 0 saturated carbocycles. The highest BCUT2D eigenvalue weighted by Crippen LogP contribution is 2.43. The molecule has 0 aliphatic carbocycles. The van der Waals surface area contributed by atoms with Crippen LogP contribution in [0.1, 0.15) is 5.56 Å². The molecule has 5 rings (SSSR count). The third kappa shape index (κ3) is 1.99. The van der Waals surface area contributed by atoms with Crippen LogP contribution in [0.25, 0.3) is 21.7 Å². The maximum Gasteiger partial charge on any atom is 0.265 e. The van der Waals surface area contributed by atoms with Crippen molar-refractivity contribution in [3.05, 3.63) is 78.5 Å². The number of anilines is 1. The summed E-state index contributed by atoms with van der Waals surface area (Å²) in [5, 5.41) is 2.75. The molecule has 5 heteroatoms. The van der Waals surface area contributed by atoms with E-state index in [2.05, 4.69) is 4.98 Å². The Kier molecular flexibility index (Phi) is 2.91. The van der Waals surface area contributed by atoms with Crippen LogP contribution in [-0.2, 0) is 16.6 Å². The van der Waals surface area contributed by atoms with Crippen LogP contribution in [0.2, 0.25) is 0 Å². The number of benzene rings is 3. The van der Waals surface area contributed by atoms with Crippen LogP contribution in [0.15, 0.2) is 77.8 Å². The Morgan fingerprint density at radius 2 is 1.56 bits per heavy atom. The molecule has 122 valence electrons. The van der Waals surface area contributed by atoms with Gasteiger partial charge < -0.3 is 0 Å². The van der Waals surface area contributed by atoms with Gasteiger partial charge in [0.25, 0.3) is 10.0 Å². The van der Waals surface area contributed by atoms with Crippen molar-refractivity contribution in [2.24, 2.45) is 0 Å². The summed E-state index contributed by atoms with van der Waals surface area (Å²) >= 11 is 0. The largest absolute Gasteiger partial charge is 0.265 e. The number of hydrogen-bond acceptors (Lipinski definition) is 3. The Hall–Kier alpha value is -2.92. The lowest BCUT2D eigenvalue weighted by atomic mass is 10.1. The third-order valence-corrected chi connectivity index (χ3v) is 6.51. The van der Waals surface area contributed by atoms with E-state index < -0.39 is 10.0 Å². The summed E-state index contributed by atoms with van der Waals surface area (Å²) in [5.74, 6) is 0. The van der Waals surface area contributed by atoms with E-state index in [0.717, 1.165) is 32.9 Å². The molecule has 25 heavy (non-hydrogen) atoms. The summed E-state index contributed by atoms with van der Waals surface area (Å²) in [5.41, 5.74) is 2.47. The van der Waals surface area contributed by atoms with Gasteiger partial charge in [0.15, 0.2) is 0 Å². The van der Waals surface area contributed by atoms with Crippen molar-refractivity contribution in [3.8, 4) is 0 Å². The van der Waals surface area contributed by atoms with Gasteiger partial charge in [0.2, 0.25) is 0 Å². The number of aromatic nitrogens is 1. The van der Waals surface area contributed by atoms with Gasteiger partial charge in [-0.25, -0.2) is 8.42 Å². The Bertz CT molecular complexity index is 1240. The summed E-state index contributed by atoms with van der Waals surface area (Å²) in [7, 11) is -3.56. The predicted molar refractivity (Wildman–Crippen MR) is 99.1 cm³/mol. The number of para-hydroxylation sites is 1. The molecule has 0 fully saturated rings. The molecular weight excluding hydrogens is 332 g/mol. The number of sulfonamides is 1. The first-order valence-corrected chi connectivity index (χ1v) is 9.47. The smallest absolute Gasteiger partial charge is 0.261 e. The van der Waals surface area contributed by atoms with Gasteiger partial charge in [0, 0.05) is 17.0 Å². The van der Waals surface area contributed by atoms with Gasteiger partial charge in [-0.05, 0) is 29.1 Å². The molecule has 4 aromatic rings. The second-order valence-electron chi connectivity index (χ2n) is 6.14. The quantitative estimate of drug-likeness (QED) is 0.549. The Labute approximate surface area is 145 Å². The molecule has 1 aliphatic rings. The van der Waals surface area contributed by atoms with E-state index in [1.54, 1.807) is 18.3 Å². The molecule has 0 N–H and O–H groups in total. The fourth-order valence-electron chi connectivity index (χ4n) is 3.58. The number of nitrogens with zero attached hydrogens (tertiary/aromatic N) is 2. The molecule has 0 saturated heterocycles. The van der Waals surface area contributed by atoms with E-state index in [1.807, 2.05) is 54.6 Å². The van der Waals surface area contributed by atoms with Gasteiger partial charge in [-0.1, -0.05) is 48.5 Å². The standard InChI is InChI=1S/C20H14N2O2S/c23-25(24)18-11-3-6-14-5-2-10-17(19(14)18)22(25)13-16-8-1-7-15-9-4-12-21-20(15)16/h1-12H,13H2. The van der Waals surface area contributed by atoms with Gasteiger partial charge in [-0.2, -0.15) is 0 Å². The zero-order valence-corrected chi connectivity index (χ0v) is 14.1. The van der Waals surface area contributed by atoms with Crippen molar-refractivity contribution in [2.45, 2.75) is 11.4 Å². The van der Waals surface area contributed by atoms with Crippen LogP contribution in [-0.4, -0.2) is 13.4 Å². The van der Waals surface area contributed by atoms with Gasteiger partial charge in [-0.3, -0.25) is 9.29 Å². The van der Waals surface area contributed by atoms with E-state index in [9.17, 15) is 8.42 Å². The van der Waals surface area contributed by atoms with Crippen molar-refractivity contribution in [3.63, 3.8) is 0 Å². The van der Waals surface area contributed by atoms with Crippen LogP contribution in [0.3, 0.4) is 0 Å². The summed E-state index contributed by atoms with van der Waals surface area (Å²) in [4.78, 5) is 4.83. The predicted octanol–water partition coefficient (Wildman–Crippen LogP) is 4.10. The second kappa shape index (κ2) is 5.04. The summed E-state index contributed by atoms with van der Waals surface area (Å²) in [6.07, 6.45) is 1.74. The average Bonchev–Trinajstić information content (AvgIpc) is 2.86. The third-order valence-electron chi connectivity index (χ3n) is 4.71. The van der Waals surface area contributed by atoms with Crippen LogP contribution in [0.5, 0.6) is 0 Å². The normalized spacial score (nSPS) is 15.1. The zero-order valence-electron chi connectivity index (χ0n) is 13.3. The fourth-order valence-corrected chi connectivity index (χ4v) is 5.27. The number of hydrogen-bond donors (Lipinski definition) is 0. The number of rotatable bonds is 2. The van der Waals surface area contributed by atoms with E-state index in [-0.39, 0.29) is 6.54 Å². The topological polar surface area (TPSA) is 50.3 Å². The van der Waals surface area contributed by atoms with E-state index in [0.29, 0.717) is 4.90 Å². The van der Waals surface area contributed by atoms with Gasteiger partial charge in [0.05, 0.1) is 22.6 Å². The lowest BCUT2D eigenvalue weighted by Gasteiger charge is -2.19. The average molecular weight is 346 g/mol. The first-order valence-electron chi connectivity index (χ1n) is 8.03. The Morgan fingerprint density at radius 3 is 2.44 bits per heavy atom. The maximum atomic E-state index is 13.1. The lowest BCUT2D eigenvalue weighted by molar-refractivity contribution is 0.593. The second-order valence-corrected chi connectivity index (χ2v) is 7.97. The molecule has 1 aromatic heterocycles. The monoisotopic (exact) mass is 346 g/mol. The molecule has 0 amide bonds. The molecule has 0 spiro atoms. The summed E-state index contributed by atoms with van der Waals surface area (Å²) in [6.45, 7) is 0.268. The zero-order chi connectivity index (χ0) is 17.0. The molecule has 4 nitrogen and oxygen atoms in total. The first kappa shape index (κ1) is 14.4. The minimum Gasteiger partial charge on any atom is -0.261 e. The van der Waals surface area contributed by atoms with Gasteiger partial charge >= 0.3 is 0 Å². The van der Waals surface area contributed by atoms with E-state index in [1.165, 1.54) is 4.31 Å². The molecular formula is C20H14N2O2S. The highest BCUT2D eigenvalue weighted by Gasteiger charge is 2.35. The molecule has 0 unspecified atom stereocenters. The van der Waals surface area contributed by atoms with Crippen LogP contribution in [0, 0.1) is 0 Å². The highest BCUT2D eigenvalue weighted by molar-refractivity contribution is 7.93. The maximum absolute atomic E-state index is 13.1. The molecule has 1 aliphatic heterocycles. The molecule has 0 bridgehead atoms. The minimum absolute atomic E-state index is 0.268. The SMILES string of the molecule is O=S1(=O)c2cccc3cccc(c23)N1Cc1cccc2cccnc12. The fraction of sp³-hybridized carbons (Fsp3) is 0.0500. The highest BCUT2D eigenvalue weighted by atomic mass is 32.2. The van der Waals surface area contributed by atoms with Crippen molar-refractivity contribution in [1.29, 1.82) is 0 Å². The van der Waals surface area contributed by atoms with Crippen molar-refractivity contribution in [2.75, 3.05) is 4.31 Å². The number of pyridine rings is 1. The minimum atomic E-state index is -3.56. The van der Waals surface area contributed by atoms with E-state index in [4.69, 9.17) is 0 Å². The van der Waals surface area contributed by atoms with Crippen LogP contribution in [0.4, 0.5) is 5.69 Å². The Balaban J connectivity index is 1.72. The van der Waals surface area contributed by atoms with Crippen molar-refractivity contribution >= 4 is 37.4 Å². The van der Waals surface area contributed by atoms with Crippen LogP contribution >= 0.6 is 0 Å². The molecule has 0 atom stereocenters. The Morgan fingerprint density at radius 1 is 0.840 bits per heavy atom. The van der Waals surface area contributed by atoms with Gasteiger partial charge in [-0.15, -0.1) is 0 Å². The van der Waals surface area contributed by atoms with Crippen molar-refractivity contribution < 1.29 is 8.42 Å². The summed E-state index contributed by atoms with van der Waals surface area (Å²) in [6, 6.07) is 20.9. The molecule has 2 heterocycles. The van der Waals surface area contributed by atoms with Crippen molar-refractivity contribution in [1.82, 2.24) is 4.98 Å². The van der Waals surface area contributed by atoms with Crippen LogP contribution < -0.4 is 4.31 Å². The molecule has 0 radical (unpaired) electrons. The first-order chi connectivity index (χ1) is 12.2.